The highest BCUT2D eigenvalue weighted by molar-refractivity contribution is 5.81. The second-order valence-electron chi connectivity index (χ2n) is 8.67. The van der Waals surface area contributed by atoms with Crippen LogP contribution < -0.4 is 5.73 Å². The summed E-state index contributed by atoms with van der Waals surface area (Å²) in [6.45, 7) is 4.28. The number of nitrogens with zero attached hydrogens (tertiary/aromatic N) is 6. The Kier molecular flexibility index (Phi) is 8.88. The highest BCUT2D eigenvalue weighted by atomic mass is 16.8. The number of ether oxygens (including phenoxy) is 2. The van der Waals surface area contributed by atoms with Crippen molar-refractivity contribution in [2.45, 2.75) is 50.9 Å². The molecule has 1 aliphatic heterocycles. The first kappa shape index (κ1) is 28.1. The molecule has 15 nitrogen and oxygen atoms in total. The SMILES string of the molecule is CCON(C(=O)OC(C(=O)O)[C@H]1O[C@@H](n2cnc3c(N)ncnc32)[C@H](O)[C@@H]1O)N(CC)CCc1ccccc1. The number of aliphatic hydroxyl groups is 2. The standard InChI is InChI=1S/C24H31N7O8/c1-3-29(11-10-14-8-6-5-7-9-14)31(37-4-2)24(36)39-19(23(34)35)18-16(32)17(33)22(38-18)30-13-28-15-20(25)26-12-27-21(15)30/h5-9,12-13,16-19,22,32-33H,3-4,10-11H2,1-2H3,(H,34,35)(H2,25,26,27)/t16-,17+,18-,19?,22+/m0/s1. The molecule has 39 heavy (non-hydrogen) atoms. The van der Waals surface area contributed by atoms with Gasteiger partial charge in [0.25, 0.3) is 0 Å². The van der Waals surface area contributed by atoms with Crippen LogP contribution in [0.1, 0.15) is 25.6 Å². The molecule has 0 spiro atoms. The summed E-state index contributed by atoms with van der Waals surface area (Å²) in [5.41, 5.74) is 7.27. The molecule has 0 radical (unpaired) electrons. The van der Waals surface area contributed by atoms with Gasteiger partial charge in [-0.25, -0.2) is 24.5 Å². The second kappa shape index (κ2) is 12.3. The molecule has 1 saturated heterocycles. The molecule has 5 N–H and O–H groups in total. The summed E-state index contributed by atoms with van der Waals surface area (Å²) in [7, 11) is 0. The van der Waals surface area contributed by atoms with E-state index in [-0.39, 0.29) is 23.6 Å². The summed E-state index contributed by atoms with van der Waals surface area (Å²) in [5.74, 6) is -1.50. The van der Waals surface area contributed by atoms with Crippen LogP contribution in [-0.2, 0) is 25.5 Å². The molecule has 2 aromatic heterocycles. The number of nitrogen functional groups attached to an aromatic ring is 1. The fourth-order valence-electron chi connectivity index (χ4n) is 4.29. The quantitative estimate of drug-likeness (QED) is 0.241. The van der Waals surface area contributed by atoms with Gasteiger partial charge in [0.1, 0.15) is 30.2 Å². The number of hydrogen-bond donors (Lipinski definition) is 4. The van der Waals surface area contributed by atoms with Gasteiger partial charge in [-0.2, -0.15) is 5.01 Å². The molecule has 0 bridgehead atoms. The number of rotatable bonds is 11. The molecule has 5 atom stereocenters. The number of aliphatic hydroxyl groups excluding tert-OH is 2. The number of imidazole rings is 1. The van der Waals surface area contributed by atoms with Crippen molar-refractivity contribution in [3.63, 3.8) is 0 Å². The molecule has 15 heteroatoms. The van der Waals surface area contributed by atoms with Crippen LogP contribution in [0.2, 0.25) is 0 Å². The molecule has 0 saturated carbocycles. The molecule has 1 aliphatic rings. The molecule has 1 amide bonds. The van der Waals surface area contributed by atoms with Crippen molar-refractivity contribution >= 4 is 29.0 Å². The van der Waals surface area contributed by atoms with E-state index >= 15 is 0 Å². The molecule has 210 valence electrons. The number of fused-ring (bicyclic) bond motifs is 1. The van der Waals surface area contributed by atoms with Gasteiger partial charge in [-0.05, 0) is 18.9 Å². The predicted molar refractivity (Wildman–Crippen MR) is 134 cm³/mol. The third-order valence-corrected chi connectivity index (χ3v) is 6.24. The number of hydroxylamine groups is 1. The topological polar surface area (TPSA) is 199 Å². The van der Waals surface area contributed by atoms with E-state index in [1.165, 1.54) is 17.2 Å². The Balaban J connectivity index is 1.51. The van der Waals surface area contributed by atoms with Crippen molar-refractivity contribution in [1.29, 1.82) is 0 Å². The number of aromatic nitrogens is 4. The number of anilines is 1. The number of hydrogen-bond acceptors (Lipinski definition) is 12. The summed E-state index contributed by atoms with van der Waals surface area (Å²) >= 11 is 0. The Labute approximate surface area is 223 Å². The molecular formula is C24H31N7O8. The summed E-state index contributed by atoms with van der Waals surface area (Å²) in [5, 5.41) is 33.7. The molecule has 1 fully saturated rings. The number of aliphatic carboxylic acids is 1. The number of carboxylic acid groups (broad SMARTS) is 1. The molecule has 1 unspecified atom stereocenters. The number of hydrazine groups is 1. The van der Waals surface area contributed by atoms with E-state index in [9.17, 15) is 24.9 Å². The average molecular weight is 546 g/mol. The summed E-state index contributed by atoms with van der Waals surface area (Å²) < 4.78 is 12.3. The largest absolute Gasteiger partial charge is 0.478 e. The van der Waals surface area contributed by atoms with Crippen molar-refractivity contribution in [3.8, 4) is 0 Å². The molecule has 3 heterocycles. The fraction of sp³-hybridized carbons (Fsp3) is 0.458. The molecule has 0 aliphatic carbocycles. The van der Waals surface area contributed by atoms with Crippen molar-refractivity contribution in [2.75, 3.05) is 25.4 Å². The van der Waals surface area contributed by atoms with E-state index in [4.69, 9.17) is 20.0 Å². The molecule has 4 rings (SSSR count). The Hall–Kier alpha value is -3.89. The summed E-state index contributed by atoms with van der Waals surface area (Å²) in [4.78, 5) is 42.8. The van der Waals surface area contributed by atoms with Crippen LogP contribution in [0.3, 0.4) is 0 Å². The summed E-state index contributed by atoms with van der Waals surface area (Å²) in [6.07, 6.45) is -6.35. The van der Waals surface area contributed by atoms with E-state index in [1.807, 2.05) is 30.3 Å². The lowest BCUT2D eigenvalue weighted by atomic mass is 10.1. The lowest BCUT2D eigenvalue weighted by Crippen LogP contribution is -2.52. The average Bonchev–Trinajstić information content (AvgIpc) is 3.49. The van der Waals surface area contributed by atoms with Crippen molar-refractivity contribution < 1.29 is 39.2 Å². The van der Waals surface area contributed by atoms with Gasteiger partial charge >= 0.3 is 12.1 Å². The van der Waals surface area contributed by atoms with E-state index in [1.54, 1.807) is 18.9 Å². The van der Waals surface area contributed by atoms with Crippen LogP contribution in [0.25, 0.3) is 11.2 Å². The predicted octanol–water partition coefficient (Wildman–Crippen LogP) is 0.351. The smallest absolute Gasteiger partial charge is 0.450 e. The van der Waals surface area contributed by atoms with Gasteiger partial charge in [0.2, 0.25) is 6.10 Å². The van der Waals surface area contributed by atoms with E-state index in [0.29, 0.717) is 19.5 Å². The number of amides is 1. The highest BCUT2D eigenvalue weighted by Gasteiger charge is 2.52. The number of likely N-dealkylation sites (N-methyl/N-ethyl adjacent to an activating group) is 1. The molecular weight excluding hydrogens is 514 g/mol. The third kappa shape index (κ3) is 5.91. The Morgan fingerprint density at radius 2 is 1.90 bits per heavy atom. The van der Waals surface area contributed by atoms with Crippen molar-refractivity contribution in [3.05, 3.63) is 48.5 Å². The lowest BCUT2D eigenvalue weighted by Gasteiger charge is -2.33. The van der Waals surface area contributed by atoms with Gasteiger partial charge in [-0.15, -0.1) is 5.17 Å². The van der Waals surface area contributed by atoms with E-state index in [2.05, 4.69) is 15.0 Å². The van der Waals surface area contributed by atoms with Crippen LogP contribution >= 0.6 is 0 Å². The first-order valence-corrected chi connectivity index (χ1v) is 12.4. The highest BCUT2D eigenvalue weighted by Crippen LogP contribution is 2.34. The van der Waals surface area contributed by atoms with Crippen LogP contribution in [0.15, 0.2) is 43.0 Å². The Morgan fingerprint density at radius 3 is 2.56 bits per heavy atom. The minimum absolute atomic E-state index is 0.0874. The number of nitrogens with two attached hydrogens (primary N) is 1. The first-order valence-electron chi connectivity index (χ1n) is 12.4. The van der Waals surface area contributed by atoms with Crippen LogP contribution in [0.4, 0.5) is 10.6 Å². The maximum absolute atomic E-state index is 13.2. The van der Waals surface area contributed by atoms with Crippen molar-refractivity contribution in [1.82, 2.24) is 29.7 Å². The number of carbonyl (C=O) groups excluding carboxylic acids is 1. The number of carbonyl (C=O) groups is 2. The van der Waals surface area contributed by atoms with E-state index < -0.39 is 42.7 Å². The Bertz CT molecular complexity index is 1280. The zero-order chi connectivity index (χ0) is 28.1. The van der Waals surface area contributed by atoms with Crippen molar-refractivity contribution in [2.24, 2.45) is 0 Å². The zero-order valence-corrected chi connectivity index (χ0v) is 21.4. The normalized spacial score (nSPS) is 21.8. The van der Waals surface area contributed by atoms with Crippen LogP contribution in [-0.4, -0.2) is 101 Å². The number of carboxylic acids is 1. The van der Waals surface area contributed by atoms with Gasteiger partial charge in [-0.1, -0.05) is 37.3 Å². The zero-order valence-electron chi connectivity index (χ0n) is 21.4. The van der Waals surface area contributed by atoms with Crippen LogP contribution in [0, 0.1) is 0 Å². The minimum atomic E-state index is -1.99. The van der Waals surface area contributed by atoms with Gasteiger partial charge < -0.3 is 30.5 Å². The summed E-state index contributed by atoms with van der Waals surface area (Å²) in [6, 6.07) is 9.60. The van der Waals surface area contributed by atoms with Gasteiger partial charge in [-0.3, -0.25) is 9.40 Å². The Morgan fingerprint density at radius 1 is 1.15 bits per heavy atom. The molecule has 3 aromatic rings. The van der Waals surface area contributed by atoms with E-state index in [0.717, 1.165) is 10.7 Å². The molecule has 1 aromatic carbocycles. The third-order valence-electron chi connectivity index (χ3n) is 6.24. The van der Waals surface area contributed by atoms with Gasteiger partial charge in [0, 0.05) is 13.1 Å². The van der Waals surface area contributed by atoms with Gasteiger partial charge in [0.05, 0.1) is 12.9 Å². The van der Waals surface area contributed by atoms with Gasteiger partial charge in [0.15, 0.2) is 17.7 Å². The minimum Gasteiger partial charge on any atom is -0.478 e. The second-order valence-corrected chi connectivity index (χ2v) is 8.67. The first-order chi connectivity index (χ1) is 18.8. The fourth-order valence-corrected chi connectivity index (χ4v) is 4.29. The number of benzene rings is 1. The lowest BCUT2D eigenvalue weighted by molar-refractivity contribution is -0.256. The maximum Gasteiger partial charge on any atom is 0.450 e. The monoisotopic (exact) mass is 545 g/mol. The van der Waals surface area contributed by atoms with Crippen LogP contribution in [0.5, 0.6) is 0 Å². The maximum atomic E-state index is 13.2.